The molecule has 0 N–H and O–H groups in total. The SMILES string of the molecule is COC(=O)N1N=C(c2ccccc2)C(c2ccccc2)c2ccccc21. The van der Waals surface area contributed by atoms with Crippen molar-refractivity contribution in [2.45, 2.75) is 5.92 Å². The quantitative estimate of drug-likeness (QED) is 0.671. The molecule has 1 aliphatic rings. The van der Waals surface area contributed by atoms with E-state index in [0.717, 1.165) is 28.1 Å². The second-order valence-corrected chi connectivity index (χ2v) is 6.04. The average molecular weight is 342 g/mol. The molecule has 4 heteroatoms. The summed E-state index contributed by atoms with van der Waals surface area (Å²) in [4.78, 5) is 12.3. The third-order valence-electron chi connectivity index (χ3n) is 4.51. The molecule has 1 amide bonds. The van der Waals surface area contributed by atoms with Gasteiger partial charge in [-0.05, 0) is 22.8 Å². The molecule has 128 valence electrons. The van der Waals surface area contributed by atoms with Crippen LogP contribution in [0.4, 0.5) is 10.5 Å². The first-order valence-corrected chi connectivity index (χ1v) is 8.45. The number of nitrogens with zero attached hydrogens (tertiary/aromatic N) is 2. The summed E-state index contributed by atoms with van der Waals surface area (Å²) >= 11 is 0. The van der Waals surface area contributed by atoms with Gasteiger partial charge in [-0.25, -0.2) is 4.79 Å². The Hall–Kier alpha value is -3.40. The van der Waals surface area contributed by atoms with Crippen LogP contribution in [-0.2, 0) is 4.74 Å². The number of fused-ring (bicyclic) bond motifs is 1. The van der Waals surface area contributed by atoms with Crippen LogP contribution in [0.15, 0.2) is 90.0 Å². The molecular formula is C22H18N2O2. The Morgan fingerprint density at radius 3 is 2.19 bits per heavy atom. The number of rotatable bonds is 2. The molecule has 1 heterocycles. The third kappa shape index (κ3) is 2.75. The normalized spacial score (nSPS) is 15.8. The maximum Gasteiger partial charge on any atom is 0.434 e. The van der Waals surface area contributed by atoms with Crippen LogP contribution in [0.1, 0.15) is 22.6 Å². The van der Waals surface area contributed by atoms with Crippen molar-refractivity contribution >= 4 is 17.5 Å². The van der Waals surface area contributed by atoms with E-state index in [1.54, 1.807) is 0 Å². The number of carbonyl (C=O) groups is 1. The number of para-hydroxylation sites is 1. The minimum absolute atomic E-state index is 0.0595. The first-order valence-electron chi connectivity index (χ1n) is 8.45. The molecule has 1 unspecified atom stereocenters. The van der Waals surface area contributed by atoms with Crippen LogP contribution in [-0.4, -0.2) is 18.9 Å². The van der Waals surface area contributed by atoms with Crippen LogP contribution in [0.3, 0.4) is 0 Å². The molecule has 26 heavy (non-hydrogen) atoms. The highest BCUT2D eigenvalue weighted by Crippen LogP contribution is 2.39. The fourth-order valence-electron chi connectivity index (χ4n) is 3.33. The van der Waals surface area contributed by atoms with E-state index in [4.69, 9.17) is 9.84 Å². The van der Waals surface area contributed by atoms with Gasteiger partial charge < -0.3 is 4.74 Å². The van der Waals surface area contributed by atoms with E-state index in [0.29, 0.717) is 0 Å². The van der Waals surface area contributed by atoms with Gasteiger partial charge in [0.1, 0.15) is 0 Å². The first kappa shape index (κ1) is 16.1. The highest BCUT2D eigenvalue weighted by atomic mass is 16.5. The summed E-state index contributed by atoms with van der Waals surface area (Å²) in [6.45, 7) is 0. The lowest BCUT2D eigenvalue weighted by atomic mass is 9.82. The van der Waals surface area contributed by atoms with Crippen molar-refractivity contribution < 1.29 is 9.53 Å². The maximum absolute atomic E-state index is 12.3. The summed E-state index contributed by atoms with van der Waals surface area (Å²) in [5.41, 5.74) is 4.70. The van der Waals surface area contributed by atoms with Gasteiger partial charge in [-0.15, -0.1) is 0 Å². The van der Waals surface area contributed by atoms with E-state index in [9.17, 15) is 4.79 Å². The minimum Gasteiger partial charge on any atom is -0.451 e. The molecule has 1 atom stereocenters. The predicted octanol–water partition coefficient (Wildman–Crippen LogP) is 4.81. The summed E-state index contributed by atoms with van der Waals surface area (Å²) < 4.78 is 4.95. The van der Waals surface area contributed by atoms with Gasteiger partial charge in [-0.1, -0.05) is 78.9 Å². The Balaban J connectivity index is 1.96. The number of anilines is 1. The Kier molecular flexibility index (Phi) is 4.23. The summed E-state index contributed by atoms with van der Waals surface area (Å²) in [7, 11) is 1.37. The molecule has 4 nitrogen and oxygen atoms in total. The number of benzene rings is 3. The predicted molar refractivity (Wildman–Crippen MR) is 103 cm³/mol. The number of hydrogen-bond donors (Lipinski definition) is 0. The average Bonchev–Trinajstić information content (AvgIpc) is 2.73. The zero-order valence-corrected chi connectivity index (χ0v) is 14.4. The summed E-state index contributed by atoms with van der Waals surface area (Å²) in [5.74, 6) is -0.0595. The number of carbonyl (C=O) groups excluding carboxylic acids is 1. The summed E-state index contributed by atoms with van der Waals surface area (Å²) in [6.07, 6.45) is -0.502. The molecule has 1 aliphatic heterocycles. The third-order valence-corrected chi connectivity index (χ3v) is 4.51. The molecule has 0 radical (unpaired) electrons. The molecule has 0 fully saturated rings. The van der Waals surface area contributed by atoms with Gasteiger partial charge in [-0.3, -0.25) is 0 Å². The first-order chi connectivity index (χ1) is 12.8. The lowest BCUT2D eigenvalue weighted by Gasteiger charge is -2.31. The van der Waals surface area contributed by atoms with Crippen molar-refractivity contribution in [1.82, 2.24) is 0 Å². The smallest absolute Gasteiger partial charge is 0.434 e. The second kappa shape index (κ2) is 6.84. The largest absolute Gasteiger partial charge is 0.451 e. The van der Waals surface area contributed by atoms with Crippen LogP contribution in [0.5, 0.6) is 0 Å². The number of amides is 1. The summed E-state index contributed by atoms with van der Waals surface area (Å²) in [6, 6.07) is 28.0. The maximum atomic E-state index is 12.3. The lowest BCUT2D eigenvalue weighted by molar-refractivity contribution is 0.178. The van der Waals surface area contributed by atoms with Crippen LogP contribution < -0.4 is 5.01 Å². The van der Waals surface area contributed by atoms with Gasteiger partial charge >= 0.3 is 6.09 Å². The highest BCUT2D eigenvalue weighted by Gasteiger charge is 2.33. The van der Waals surface area contributed by atoms with Gasteiger partial charge in [0.2, 0.25) is 0 Å². The van der Waals surface area contributed by atoms with E-state index in [1.807, 2.05) is 72.8 Å². The number of hydrazone groups is 1. The van der Waals surface area contributed by atoms with Gasteiger partial charge in [0.05, 0.1) is 24.4 Å². The van der Waals surface area contributed by atoms with Crippen LogP contribution in [0.2, 0.25) is 0 Å². The van der Waals surface area contributed by atoms with Gasteiger partial charge in [0, 0.05) is 0 Å². The van der Waals surface area contributed by atoms with Crippen LogP contribution in [0.25, 0.3) is 0 Å². The molecule has 3 aromatic rings. The van der Waals surface area contributed by atoms with Crippen molar-refractivity contribution in [2.24, 2.45) is 5.10 Å². The zero-order valence-electron chi connectivity index (χ0n) is 14.4. The number of ether oxygens (including phenoxy) is 1. The van der Waals surface area contributed by atoms with Crippen molar-refractivity contribution in [3.8, 4) is 0 Å². The lowest BCUT2D eigenvalue weighted by Crippen LogP contribution is -2.34. The Morgan fingerprint density at radius 1 is 0.885 bits per heavy atom. The zero-order chi connectivity index (χ0) is 17.9. The standard InChI is InChI=1S/C22H18N2O2/c1-26-22(25)24-19-15-9-8-14-18(19)20(16-10-4-2-5-11-16)21(23-24)17-12-6-3-7-13-17/h2-15,20H,1H3. The molecule has 0 saturated heterocycles. The molecule has 0 bridgehead atoms. The fourth-order valence-corrected chi connectivity index (χ4v) is 3.33. The van der Waals surface area contributed by atoms with Crippen molar-refractivity contribution in [3.63, 3.8) is 0 Å². The van der Waals surface area contributed by atoms with E-state index in [1.165, 1.54) is 12.1 Å². The minimum atomic E-state index is -0.502. The van der Waals surface area contributed by atoms with Crippen LogP contribution in [0, 0.1) is 0 Å². The van der Waals surface area contributed by atoms with E-state index in [2.05, 4.69) is 12.1 Å². The Labute approximate surface area is 152 Å². The van der Waals surface area contributed by atoms with E-state index >= 15 is 0 Å². The Morgan fingerprint density at radius 2 is 1.50 bits per heavy atom. The van der Waals surface area contributed by atoms with Gasteiger partial charge in [0.25, 0.3) is 0 Å². The molecule has 4 rings (SSSR count). The molecule has 3 aromatic carbocycles. The van der Waals surface area contributed by atoms with Gasteiger partial charge in [-0.2, -0.15) is 10.1 Å². The van der Waals surface area contributed by atoms with Crippen molar-refractivity contribution in [3.05, 3.63) is 102 Å². The molecular weight excluding hydrogens is 324 g/mol. The monoisotopic (exact) mass is 342 g/mol. The summed E-state index contributed by atoms with van der Waals surface area (Å²) in [5, 5.41) is 6.04. The fraction of sp³-hybridized carbons (Fsp3) is 0.0909. The number of hydrogen-bond acceptors (Lipinski definition) is 3. The molecule has 0 aromatic heterocycles. The van der Waals surface area contributed by atoms with Crippen molar-refractivity contribution in [2.75, 3.05) is 12.1 Å². The number of methoxy groups -OCH3 is 1. The van der Waals surface area contributed by atoms with Crippen molar-refractivity contribution in [1.29, 1.82) is 0 Å². The van der Waals surface area contributed by atoms with E-state index < -0.39 is 6.09 Å². The van der Waals surface area contributed by atoms with Crippen LogP contribution >= 0.6 is 0 Å². The molecule has 0 aliphatic carbocycles. The molecule has 0 spiro atoms. The van der Waals surface area contributed by atoms with E-state index in [-0.39, 0.29) is 5.92 Å². The van der Waals surface area contributed by atoms with Gasteiger partial charge in [0.15, 0.2) is 0 Å². The topological polar surface area (TPSA) is 41.9 Å². The Bertz CT molecular complexity index is 952. The second-order valence-electron chi connectivity index (χ2n) is 6.04. The molecule has 0 saturated carbocycles. The highest BCUT2D eigenvalue weighted by molar-refractivity contribution is 6.11.